The average molecular weight is 385 g/mol. The van der Waals surface area contributed by atoms with Crippen LogP contribution in [0.3, 0.4) is 0 Å². The molecule has 0 atom stereocenters. The SMILES string of the molecule is N#Cc1ccc(NC(=O)C[C@H]2CC[C@H](Oc3ccnc4ccccc34)CC2)cc1. The molecule has 5 nitrogen and oxygen atoms in total. The molecule has 0 unspecified atom stereocenters. The number of nitrogens with one attached hydrogen (secondary N) is 1. The number of para-hydroxylation sites is 1. The lowest BCUT2D eigenvalue weighted by atomic mass is 9.85. The van der Waals surface area contributed by atoms with Crippen LogP contribution in [0.5, 0.6) is 5.75 Å². The molecule has 0 spiro atoms. The third-order valence-corrected chi connectivity index (χ3v) is 5.47. The smallest absolute Gasteiger partial charge is 0.224 e. The van der Waals surface area contributed by atoms with E-state index in [0.29, 0.717) is 17.9 Å². The van der Waals surface area contributed by atoms with Crippen molar-refractivity contribution in [3.05, 3.63) is 66.4 Å². The van der Waals surface area contributed by atoms with E-state index in [0.717, 1.165) is 48.0 Å². The van der Waals surface area contributed by atoms with Gasteiger partial charge < -0.3 is 10.1 Å². The van der Waals surface area contributed by atoms with Gasteiger partial charge in [-0.1, -0.05) is 12.1 Å². The molecule has 1 fully saturated rings. The van der Waals surface area contributed by atoms with Crippen LogP contribution in [-0.2, 0) is 4.79 Å². The summed E-state index contributed by atoms with van der Waals surface area (Å²) in [5.41, 5.74) is 2.26. The lowest BCUT2D eigenvalue weighted by molar-refractivity contribution is -0.117. The van der Waals surface area contributed by atoms with Crippen LogP contribution >= 0.6 is 0 Å². The van der Waals surface area contributed by atoms with Gasteiger partial charge in [-0.25, -0.2) is 0 Å². The zero-order valence-electron chi connectivity index (χ0n) is 16.2. The van der Waals surface area contributed by atoms with Crippen molar-refractivity contribution in [1.82, 2.24) is 4.98 Å². The summed E-state index contributed by atoms with van der Waals surface area (Å²) in [6.07, 6.45) is 6.35. The van der Waals surface area contributed by atoms with E-state index in [1.807, 2.05) is 30.3 Å². The van der Waals surface area contributed by atoms with Gasteiger partial charge in [0.05, 0.1) is 23.3 Å². The summed E-state index contributed by atoms with van der Waals surface area (Å²) in [5.74, 6) is 1.29. The Bertz CT molecular complexity index is 1030. The summed E-state index contributed by atoms with van der Waals surface area (Å²) >= 11 is 0. The highest BCUT2D eigenvalue weighted by molar-refractivity contribution is 5.90. The number of carbonyl (C=O) groups excluding carboxylic acids is 1. The summed E-state index contributed by atoms with van der Waals surface area (Å²) in [4.78, 5) is 16.7. The molecule has 29 heavy (non-hydrogen) atoms. The van der Waals surface area contributed by atoms with E-state index in [1.54, 1.807) is 30.5 Å². The Hall–Kier alpha value is -3.39. The predicted molar refractivity (Wildman–Crippen MR) is 113 cm³/mol. The molecule has 1 aromatic heterocycles. The van der Waals surface area contributed by atoms with Gasteiger partial charge >= 0.3 is 0 Å². The number of pyridine rings is 1. The molecule has 1 amide bonds. The Balaban J connectivity index is 1.28. The summed E-state index contributed by atoms with van der Waals surface area (Å²) in [6.45, 7) is 0. The number of amides is 1. The minimum atomic E-state index is 0.0270. The number of aromatic nitrogens is 1. The van der Waals surface area contributed by atoms with Gasteiger partial charge in [0.25, 0.3) is 0 Å². The predicted octanol–water partition coefficient (Wildman–Crippen LogP) is 5.07. The topological polar surface area (TPSA) is 75.0 Å². The zero-order valence-corrected chi connectivity index (χ0v) is 16.2. The maximum atomic E-state index is 12.3. The van der Waals surface area contributed by atoms with Gasteiger partial charge in [0, 0.05) is 23.7 Å². The number of anilines is 1. The van der Waals surface area contributed by atoms with Crippen molar-refractivity contribution in [3.63, 3.8) is 0 Å². The van der Waals surface area contributed by atoms with E-state index < -0.39 is 0 Å². The first-order valence-corrected chi connectivity index (χ1v) is 10.0. The molecule has 0 saturated heterocycles. The first-order valence-electron chi connectivity index (χ1n) is 10.0. The molecule has 1 aliphatic carbocycles. The van der Waals surface area contributed by atoms with Gasteiger partial charge in [-0.05, 0) is 74.1 Å². The third-order valence-electron chi connectivity index (χ3n) is 5.47. The van der Waals surface area contributed by atoms with Gasteiger partial charge in [0.2, 0.25) is 5.91 Å². The Morgan fingerprint density at radius 1 is 1.07 bits per heavy atom. The molecular formula is C24H23N3O2. The van der Waals surface area contributed by atoms with Crippen LogP contribution in [-0.4, -0.2) is 17.0 Å². The van der Waals surface area contributed by atoms with Crippen LogP contribution < -0.4 is 10.1 Å². The second-order valence-electron chi connectivity index (χ2n) is 7.53. The first-order chi connectivity index (χ1) is 14.2. The summed E-state index contributed by atoms with van der Waals surface area (Å²) in [7, 11) is 0. The fraction of sp³-hybridized carbons (Fsp3) is 0.292. The lowest BCUT2D eigenvalue weighted by Gasteiger charge is -2.29. The van der Waals surface area contributed by atoms with Crippen LogP contribution in [0.1, 0.15) is 37.7 Å². The normalized spacial score (nSPS) is 18.7. The maximum Gasteiger partial charge on any atom is 0.224 e. The number of nitrogens with zero attached hydrogens (tertiary/aromatic N) is 2. The van der Waals surface area contributed by atoms with Gasteiger partial charge in [0.1, 0.15) is 5.75 Å². The molecule has 0 radical (unpaired) electrons. The van der Waals surface area contributed by atoms with Gasteiger partial charge in [-0.2, -0.15) is 5.26 Å². The Labute approximate surface area is 170 Å². The molecule has 1 heterocycles. The Kier molecular flexibility index (Phi) is 5.71. The summed E-state index contributed by atoms with van der Waals surface area (Å²) in [6, 6.07) is 19.0. The first kappa shape index (κ1) is 18.9. The molecule has 1 saturated carbocycles. The number of hydrogen-bond donors (Lipinski definition) is 1. The van der Waals surface area contributed by atoms with Crippen LogP contribution in [0.4, 0.5) is 5.69 Å². The van der Waals surface area contributed by atoms with Crippen molar-refractivity contribution in [1.29, 1.82) is 5.26 Å². The average Bonchev–Trinajstić information content (AvgIpc) is 2.76. The van der Waals surface area contributed by atoms with Gasteiger partial charge in [0.15, 0.2) is 0 Å². The highest BCUT2D eigenvalue weighted by atomic mass is 16.5. The molecule has 3 aromatic rings. The molecule has 1 N–H and O–H groups in total. The van der Waals surface area contributed by atoms with E-state index in [2.05, 4.69) is 16.4 Å². The standard InChI is InChI=1S/C24H23N3O2/c25-16-18-5-9-19(10-6-18)27-24(28)15-17-7-11-20(12-8-17)29-23-13-14-26-22-4-2-1-3-21(22)23/h1-6,9-10,13-14,17,20H,7-8,11-12,15H2,(H,27,28)/t17-,20-. The Morgan fingerprint density at radius 2 is 1.83 bits per heavy atom. The molecule has 146 valence electrons. The van der Waals surface area contributed by atoms with E-state index in [4.69, 9.17) is 10.00 Å². The molecular weight excluding hydrogens is 362 g/mol. The third kappa shape index (κ3) is 4.72. The molecule has 0 aliphatic heterocycles. The number of hydrogen-bond acceptors (Lipinski definition) is 4. The van der Waals surface area contributed by atoms with Crippen molar-refractivity contribution in [2.24, 2.45) is 5.92 Å². The van der Waals surface area contributed by atoms with Crippen LogP contribution in [0.15, 0.2) is 60.8 Å². The number of benzene rings is 2. The van der Waals surface area contributed by atoms with Crippen LogP contribution in [0.25, 0.3) is 10.9 Å². The van der Waals surface area contributed by atoms with Crippen molar-refractivity contribution >= 4 is 22.5 Å². The Morgan fingerprint density at radius 3 is 2.59 bits per heavy atom. The quantitative estimate of drug-likeness (QED) is 0.665. The van der Waals surface area contributed by atoms with Crippen molar-refractivity contribution in [2.75, 3.05) is 5.32 Å². The second kappa shape index (κ2) is 8.74. The number of carbonyl (C=O) groups is 1. The number of nitriles is 1. The minimum Gasteiger partial charge on any atom is -0.490 e. The van der Waals surface area contributed by atoms with Crippen LogP contribution in [0, 0.1) is 17.2 Å². The van der Waals surface area contributed by atoms with Crippen LogP contribution in [0.2, 0.25) is 0 Å². The molecule has 0 bridgehead atoms. The fourth-order valence-corrected chi connectivity index (χ4v) is 3.91. The van der Waals surface area contributed by atoms with E-state index in [-0.39, 0.29) is 12.0 Å². The molecule has 4 rings (SSSR count). The lowest BCUT2D eigenvalue weighted by Crippen LogP contribution is -2.26. The summed E-state index contributed by atoms with van der Waals surface area (Å²) < 4.78 is 6.27. The maximum absolute atomic E-state index is 12.3. The monoisotopic (exact) mass is 385 g/mol. The molecule has 5 heteroatoms. The molecule has 1 aliphatic rings. The number of rotatable bonds is 5. The number of fused-ring (bicyclic) bond motifs is 1. The molecule has 2 aromatic carbocycles. The zero-order chi connectivity index (χ0) is 20.1. The van der Waals surface area contributed by atoms with E-state index in [1.165, 1.54) is 0 Å². The van der Waals surface area contributed by atoms with Gasteiger partial charge in [-0.3, -0.25) is 9.78 Å². The highest BCUT2D eigenvalue weighted by Gasteiger charge is 2.24. The largest absolute Gasteiger partial charge is 0.490 e. The second-order valence-corrected chi connectivity index (χ2v) is 7.53. The number of ether oxygens (including phenoxy) is 1. The van der Waals surface area contributed by atoms with Crippen molar-refractivity contribution in [2.45, 2.75) is 38.2 Å². The summed E-state index contributed by atoms with van der Waals surface area (Å²) in [5, 5.41) is 12.8. The van der Waals surface area contributed by atoms with Crippen molar-refractivity contribution < 1.29 is 9.53 Å². The van der Waals surface area contributed by atoms with E-state index in [9.17, 15) is 4.79 Å². The highest BCUT2D eigenvalue weighted by Crippen LogP contribution is 2.32. The van der Waals surface area contributed by atoms with Gasteiger partial charge in [-0.15, -0.1) is 0 Å². The van der Waals surface area contributed by atoms with E-state index >= 15 is 0 Å². The van der Waals surface area contributed by atoms with Crippen molar-refractivity contribution in [3.8, 4) is 11.8 Å². The fourth-order valence-electron chi connectivity index (χ4n) is 3.91. The minimum absolute atomic E-state index is 0.0270.